The van der Waals surface area contributed by atoms with Crippen LogP contribution in [0.1, 0.15) is 0 Å². The van der Waals surface area contributed by atoms with Crippen molar-refractivity contribution in [1.29, 1.82) is 0 Å². The highest BCUT2D eigenvalue weighted by molar-refractivity contribution is 6.77. The van der Waals surface area contributed by atoms with E-state index in [9.17, 15) is 0 Å². The molecule has 16 heavy (non-hydrogen) atoms. The average Bonchev–Trinajstić information content (AvgIpc) is 2.14. The fourth-order valence-corrected chi connectivity index (χ4v) is 7.42. The van der Waals surface area contributed by atoms with Crippen molar-refractivity contribution < 1.29 is 8.85 Å². The molecule has 0 aliphatic carbocycles. The first-order valence-corrected chi connectivity index (χ1v) is 11.5. The summed E-state index contributed by atoms with van der Waals surface area (Å²) in [5.41, 5.74) is 6.50. The molecule has 0 spiro atoms. The van der Waals surface area contributed by atoms with Gasteiger partial charge in [-0.25, -0.2) is 0 Å². The third kappa shape index (κ3) is 4.38. The van der Waals surface area contributed by atoms with Crippen LogP contribution in [0.4, 0.5) is 5.69 Å². The van der Waals surface area contributed by atoms with Crippen molar-refractivity contribution in [3.63, 3.8) is 0 Å². The van der Waals surface area contributed by atoms with Crippen LogP contribution in [0.15, 0.2) is 24.3 Å². The number of nitrogens with two attached hydrogens (primary N) is 1. The Morgan fingerprint density at radius 2 is 1.88 bits per heavy atom. The van der Waals surface area contributed by atoms with Crippen molar-refractivity contribution in [2.24, 2.45) is 0 Å². The van der Waals surface area contributed by atoms with Gasteiger partial charge in [-0.3, -0.25) is 0 Å². The van der Waals surface area contributed by atoms with Gasteiger partial charge < -0.3 is 14.6 Å². The highest BCUT2D eigenvalue weighted by Gasteiger charge is 2.25. The average molecular weight is 255 g/mol. The molecule has 1 rings (SSSR count). The molecule has 0 heterocycles. The number of rotatable bonds is 5. The quantitative estimate of drug-likeness (QED) is 0.649. The summed E-state index contributed by atoms with van der Waals surface area (Å²) in [7, 11) is -2.67. The Morgan fingerprint density at radius 3 is 2.44 bits per heavy atom. The van der Waals surface area contributed by atoms with Crippen LogP contribution < -0.4 is 10.5 Å². The normalized spacial score (nSPS) is 11.8. The smallest absolute Gasteiger partial charge is 0.212 e. The van der Waals surface area contributed by atoms with Gasteiger partial charge in [0.25, 0.3) is 0 Å². The Kier molecular flexibility index (Phi) is 4.58. The van der Waals surface area contributed by atoms with Crippen LogP contribution in [-0.2, 0) is 4.12 Å². The molecule has 0 aliphatic rings. The maximum absolute atomic E-state index is 6.01. The molecule has 0 atom stereocenters. The summed E-state index contributed by atoms with van der Waals surface area (Å²) in [6.07, 6.45) is 0.659. The highest BCUT2D eigenvalue weighted by atomic mass is 28.4. The topological polar surface area (TPSA) is 44.5 Å². The van der Waals surface area contributed by atoms with Crippen molar-refractivity contribution in [3.8, 4) is 5.75 Å². The van der Waals surface area contributed by atoms with E-state index in [4.69, 9.17) is 14.6 Å². The number of para-hydroxylation sites is 2. The predicted molar refractivity (Wildman–Crippen MR) is 73.8 cm³/mol. The lowest BCUT2D eigenvalue weighted by Crippen LogP contribution is -2.41. The van der Waals surface area contributed by atoms with E-state index < -0.39 is 17.4 Å². The molecule has 90 valence electrons. The van der Waals surface area contributed by atoms with E-state index in [-0.39, 0.29) is 0 Å². The van der Waals surface area contributed by atoms with E-state index in [0.717, 1.165) is 5.75 Å². The minimum Gasteiger partial charge on any atom is -0.492 e. The van der Waals surface area contributed by atoms with Gasteiger partial charge in [0.2, 0.25) is 8.32 Å². The zero-order valence-electron chi connectivity index (χ0n) is 10.5. The van der Waals surface area contributed by atoms with Crippen LogP contribution in [0, 0.1) is 0 Å². The zero-order valence-corrected chi connectivity index (χ0v) is 12.6. The number of hydrogen-bond acceptors (Lipinski definition) is 3. The SMILES string of the molecule is C[SiH](C)O[Si](C)(C)COc1ccccc1N. The molecule has 5 heteroatoms. The predicted octanol–water partition coefficient (Wildman–Crippen LogP) is 2.39. The lowest BCUT2D eigenvalue weighted by atomic mass is 10.3. The van der Waals surface area contributed by atoms with Crippen LogP contribution in [-0.4, -0.2) is 23.6 Å². The lowest BCUT2D eigenvalue weighted by Gasteiger charge is -2.25. The Hall–Kier alpha value is -0.786. The molecular weight excluding hydrogens is 234 g/mol. The van der Waals surface area contributed by atoms with Gasteiger partial charge >= 0.3 is 0 Å². The van der Waals surface area contributed by atoms with Gasteiger partial charge in [0.15, 0.2) is 9.04 Å². The standard InChI is InChI=1S/C11H21NO2Si2/c1-15(2)14-16(3,4)9-13-11-8-6-5-7-10(11)12/h5-8,15H,9,12H2,1-4H3. The second-order valence-electron chi connectivity index (χ2n) is 4.75. The van der Waals surface area contributed by atoms with E-state index in [1.807, 2.05) is 24.3 Å². The first kappa shape index (κ1) is 13.3. The van der Waals surface area contributed by atoms with E-state index in [1.165, 1.54) is 0 Å². The summed E-state index contributed by atoms with van der Waals surface area (Å²) in [5.74, 6) is 0.761. The Labute approximate surface area is 100 Å². The number of ether oxygens (including phenoxy) is 1. The molecular formula is C11H21NO2Si2. The second kappa shape index (κ2) is 5.51. The molecule has 0 saturated heterocycles. The van der Waals surface area contributed by atoms with Crippen LogP contribution in [0.5, 0.6) is 5.75 Å². The third-order valence-corrected chi connectivity index (χ3v) is 7.33. The zero-order chi connectivity index (χ0) is 12.2. The summed E-state index contributed by atoms with van der Waals surface area (Å²) in [4.78, 5) is 0. The molecule has 2 N–H and O–H groups in total. The summed E-state index contributed by atoms with van der Waals surface area (Å²) in [6, 6.07) is 7.58. The van der Waals surface area contributed by atoms with E-state index in [1.54, 1.807) is 0 Å². The van der Waals surface area contributed by atoms with Crippen LogP contribution >= 0.6 is 0 Å². The van der Waals surface area contributed by atoms with Crippen molar-refractivity contribution >= 4 is 23.0 Å². The number of hydrogen-bond donors (Lipinski definition) is 1. The molecule has 0 aliphatic heterocycles. The van der Waals surface area contributed by atoms with Crippen LogP contribution in [0.3, 0.4) is 0 Å². The van der Waals surface area contributed by atoms with Gasteiger partial charge in [-0.2, -0.15) is 0 Å². The van der Waals surface area contributed by atoms with Gasteiger partial charge in [-0.15, -0.1) is 0 Å². The molecule has 0 aromatic heterocycles. The van der Waals surface area contributed by atoms with E-state index in [2.05, 4.69) is 26.2 Å². The number of benzene rings is 1. The molecule has 0 fully saturated rings. The summed E-state index contributed by atoms with van der Waals surface area (Å²) in [6.45, 7) is 8.73. The summed E-state index contributed by atoms with van der Waals surface area (Å²) >= 11 is 0. The third-order valence-electron chi connectivity index (χ3n) is 2.05. The van der Waals surface area contributed by atoms with Gasteiger partial charge in [-0.1, -0.05) is 12.1 Å². The molecule has 0 radical (unpaired) electrons. The fourth-order valence-electron chi connectivity index (χ4n) is 1.54. The maximum atomic E-state index is 6.01. The van der Waals surface area contributed by atoms with Crippen molar-refractivity contribution in [3.05, 3.63) is 24.3 Å². The number of anilines is 1. The highest BCUT2D eigenvalue weighted by Crippen LogP contribution is 2.21. The van der Waals surface area contributed by atoms with Crippen molar-refractivity contribution in [1.82, 2.24) is 0 Å². The Bertz CT molecular complexity index is 343. The molecule has 0 amide bonds. The van der Waals surface area contributed by atoms with Gasteiger partial charge in [0.1, 0.15) is 12.0 Å². The summed E-state index contributed by atoms with van der Waals surface area (Å²) < 4.78 is 11.7. The molecule has 0 unspecified atom stereocenters. The molecule has 1 aromatic carbocycles. The fraction of sp³-hybridized carbons (Fsp3) is 0.455. The summed E-state index contributed by atoms with van der Waals surface area (Å²) in [5, 5.41) is 0. The van der Waals surface area contributed by atoms with Crippen LogP contribution in [0.25, 0.3) is 0 Å². The van der Waals surface area contributed by atoms with Gasteiger partial charge in [0, 0.05) is 0 Å². The Morgan fingerprint density at radius 1 is 1.25 bits per heavy atom. The van der Waals surface area contributed by atoms with E-state index in [0.29, 0.717) is 11.9 Å². The number of nitrogen functional groups attached to an aromatic ring is 1. The van der Waals surface area contributed by atoms with E-state index >= 15 is 0 Å². The van der Waals surface area contributed by atoms with Gasteiger partial charge in [-0.05, 0) is 38.3 Å². The molecule has 0 saturated carbocycles. The molecule has 3 nitrogen and oxygen atoms in total. The second-order valence-corrected chi connectivity index (χ2v) is 11.6. The largest absolute Gasteiger partial charge is 0.492 e. The maximum Gasteiger partial charge on any atom is 0.212 e. The monoisotopic (exact) mass is 255 g/mol. The van der Waals surface area contributed by atoms with Crippen LogP contribution in [0.2, 0.25) is 26.2 Å². The molecule has 0 bridgehead atoms. The van der Waals surface area contributed by atoms with Crippen molar-refractivity contribution in [2.45, 2.75) is 26.2 Å². The minimum atomic E-state index is -1.69. The molecule has 1 aromatic rings. The lowest BCUT2D eigenvalue weighted by molar-refractivity contribution is 0.356. The first-order chi connectivity index (χ1) is 7.41. The van der Waals surface area contributed by atoms with Gasteiger partial charge in [0.05, 0.1) is 5.69 Å². The first-order valence-electron chi connectivity index (χ1n) is 5.56. The van der Waals surface area contributed by atoms with Crippen molar-refractivity contribution in [2.75, 3.05) is 12.0 Å². The minimum absolute atomic E-state index is 0.659. The Balaban J connectivity index is 2.54.